The Kier molecular flexibility index (Phi) is 10.8. The Morgan fingerprint density at radius 3 is 2.10 bits per heavy atom. The van der Waals surface area contributed by atoms with Crippen molar-refractivity contribution < 1.29 is 18.0 Å². The van der Waals surface area contributed by atoms with Crippen molar-refractivity contribution in [2.45, 2.75) is 64.9 Å². The number of sulfonamides is 1. The minimum atomic E-state index is -4.12. The maximum Gasteiger partial charge on any atom is 0.264 e. The minimum Gasteiger partial charge on any atom is -0.354 e. The van der Waals surface area contributed by atoms with Crippen molar-refractivity contribution >= 4 is 39.1 Å². The summed E-state index contributed by atoms with van der Waals surface area (Å²) in [6.07, 6.45) is 1.09. The van der Waals surface area contributed by atoms with Crippen molar-refractivity contribution in [1.82, 2.24) is 10.2 Å². The molecular weight excluding hydrogens is 546 g/mol. The van der Waals surface area contributed by atoms with Gasteiger partial charge in [-0.25, -0.2) is 8.42 Å². The first-order valence-corrected chi connectivity index (χ1v) is 15.3. The topological polar surface area (TPSA) is 86.8 Å². The van der Waals surface area contributed by atoms with Crippen LogP contribution in [0.15, 0.2) is 71.6 Å². The zero-order valence-corrected chi connectivity index (χ0v) is 25.3. The second-order valence-corrected chi connectivity index (χ2v) is 12.3. The largest absolute Gasteiger partial charge is 0.354 e. The predicted octanol–water partition coefficient (Wildman–Crippen LogP) is 5.79. The first kappa shape index (κ1) is 31.2. The van der Waals surface area contributed by atoms with Gasteiger partial charge in [0.05, 0.1) is 10.6 Å². The van der Waals surface area contributed by atoms with E-state index >= 15 is 0 Å². The summed E-state index contributed by atoms with van der Waals surface area (Å²) in [4.78, 5) is 28.8. The lowest BCUT2D eigenvalue weighted by atomic mass is 10.1. The monoisotopic (exact) mass is 583 g/mol. The molecule has 0 aliphatic heterocycles. The Hall–Kier alpha value is -3.36. The number of aryl methyl sites for hydroxylation is 3. The van der Waals surface area contributed by atoms with E-state index in [0.717, 1.165) is 27.4 Å². The molecule has 0 aromatic heterocycles. The minimum absolute atomic E-state index is 0.0574. The fourth-order valence-electron chi connectivity index (χ4n) is 4.56. The van der Waals surface area contributed by atoms with Crippen LogP contribution in [0.4, 0.5) is 5.69 Å². The molecule has 0 saturated heterocycles. The van der Waals surface area contributed by atoms with E-state index in [4.69, 9.17) is 11.6 Å². The Labute approximate surface area is 243 Å². The molecule has 0 bridgehead atoms. The summed E-state index contributed by atoms with van der Waals surface area (Å²) in [5.41, 5.74) is 3.70. The average Bonchev–Trinajstić information content (AvgIpc) is 2.90. The number of benzene rings is 3. The summed E-state index contributed by atoms with van der Waals surface area (Å²) in [6.45, 7) is 9.46. The van der Waals surface area contributed by atoms with Gasteiger partial charge in [0, 0.05) is 18.1 Å². The van der Waals surface area contributed by atoms with Gasteiger partial charge in [0.2, 0.25) is 11.8 Å². The van der Waals surface area contributed by atoms with E-state index in [1.165, 1.54) is 4.90 Å². The number of hydrogen-bond donors (Lipinski definition) is 1. The van der Waals surface area contributed by atoms with E-state index < -0.39 is 28.5 Å². The lowest BCUT2D eigenvalue weighted by Crippen LogP contribution is -2.52. The molecule has 40 heavy (non-hydrogen) atoms. The number of amides is 2. The van der Waals surface area contributed by atoms with Crippen LogP contribution in [-0.2, 0) is 26.2 Å². The van der Waals surface area contributed by atoms with Crippen molar-refractivity contribution in [2.24, 2.45) is 0 Å². The maximum atomic E-state index is 14.1. The Balaban J connectivity index is 2.10. The van der Waals surface area contributed by atoms with Crippen molar-refractivity contribution in [3.63, 3.8) is 0 Å². The maximum absolute atomic E-state index is 14.1. The van der Waals surface area contributed by atoms with Crippen LogP contribution in [0, 0.1) is 20.8 Å². The van der Waals surface area contributed by atoms with Crippen LogP contribution in [0.5, 0.6) is 0 Å². The molecule has 2 amide bonds. The molecule has 3 aromatic rings. The summed E-state index contributed by atoms with van der Waals surface area (Å²) in [6, 6.07) is 18.3. The molecule has 0 spiro atoms. The molecule has 0 saturated carbocycles. The molecule has 0 fully saturated rings. The van der Waals surface area contributed by atoms with Gasteiger partial charge in [-0.1, -0.05) is 67.4 Å². The standard InChI is InChI=1S/C31H38ClN3O4S/c1-6-16-33-31(37)29(7-2)34(20-25-10-8-9-11-28(25)32)30(36)21-35(26-18-23(4)17-24(5)19-26)40(38,39)27-14-12-22(3)13-15-27/h8-15,17-19,29H,6-7,16,20-21H2,1-5H3,(H,33,37)/t29-/m1/s1. The zero-order chi connectivity index (χ0) is 29.4. The number of nitrogens with one attached hydrogen (secondary N) is 1. The van der Waals surface area contributed by atoms with Crippen LogP contribution in [0.2, 0.25) is 5.02 Å². The van der Waals surface area contributed by atoms with Crippen molar-refractivity contribution in [1.29, 1.82) is 0 Å². The lowest BCUT2D eigenvalue weighted by Gasteiger charge is -2.33. The number of anilines is 1. The Bertz CT molecular complexity index is 1420. The number of rotatable bonds is 12. The molecule has 3 rings (SSSR count). The highest BCUT2D eigenvalue weighted by atomic mass is 35.5. The van der Waals surface area contributed by atoms with Crippen LogP contribution >= 0.6 is 11.6 Å². The van der Waals surface area contributed by atoms with Gasteiger partial charge < -0.3 is 10.2 Å². The van der Waals surface area contributed by atoms with E-state index in [0.29, 0.717) is 29.2 Å². The van der Waals surface area contributed by atoms with E-state index in [1.807, 2.05) is 46.8 Å². The smallest absolute Gasteiger partial charge is 0.264 e. The number of carbonyl (C=O) groups is 2. The van der Waals surface area contributed by atoms with Crippen LogP contribution in [0.25, 0.3) is 0 Å². The van der Waals surface area contributed by atoms with Crippen LogP contribution < -0.4 is 9.62 Å². The Morgan fingerprint density at radius 1 is 0.900 bits per heavy atom. The van der Waals surface area contributed by atoms with Gasteiger partial charge >= 0.3 is 0 Å². The number of halogens is 1. The molecule has 0 unspecified atom stereocenters. The normalized spacial score (nSPS) is 12.1. The van der Waals surface area contributed by atoms with E-state index in [1.54, 1.807) is 54.6 Å². The fourth-order valence-corrected chi connectivity index (χ4v) is 6.15. The molecule has 0 aliphatic carbocycles. The third-order valence-electron chi connectivity index (χ3n) is 6.62. The number of hydrogen-bond acceptors (Lipinski definition) is 4. The van der Waals surface area contributed by atoms with Gasteiger partial charge in [-0.2, -0.15) is 0 Å². The summed E-state index contributed by atoms with van der Waals surface area (Å²) in [5, 5.41) is 3.34. The van der Waals surface area contributed by atoms with Crippen molar-refractivity contribution in [3.8, 4) is 0 Å². The highest BCUT2D eigenvalue weighted by Gasteiger charge is 2.34. The first-order valence-electron chi connectivity index (χ1n) is 13.5. The van der Waals surface area contributed by atoms with Gasteiger partial charge in [-0.3, -0.25) is 13.9 Å². The molecule has 214 valence electrons. The first-order chi connectivity index (χ1) is 19.0. The van der Waals surface area contributed by atoms with E-state index in [9.17, 15) is 18.0 Å². The molecular formula is C31H38ClN3O4S. The number of carbonyl (C=O) groups excluding carboxylic acids is 2. The van der Waals surface area contributed by atoms with Gasteiger partial charge in [0.1, 0.15) is 12.6 Å². The van der Waals surface area contributed by atoms with Crippen molar-refractivity contribution in [2.75, 3.05) is 17.4 Å². The molecule has 7 nitrogen and oxygen atoms in total. The zero-order valence-electron chi connectivity index (χ0n) is 23.8. The SMILES string of the molecule is CCCNC(=O)[C@@H](CC)N(Cc1ccccc1Cl)C(=O)CN(c1cc(C)cc(C)c1)S(=O)(=O)c1ccc(C)cc1. The lowest BCUT2D eigenvalue weighted by molar-refractivity contribution is -0.140. The van der Waals surface area contributed by atoms with Gasteiger partial charge in [-0.15, -0.1) is 0 Å². The van der Waals surface area contributed by atoms with Gasteiger partial charge in [0.15, 0.2) is 0 Å². The van der Waals surface area contributed by atoms with E-state index in [-0.39, 0.29) is 17.3 Å². The molecule has 1 N–H and O–H groups in total. The second kappa shape index (κ2) is 13.8. The second-order valence-electron chi connectivity index (χ2n) is 10.00. The summed E-state index contributed by atoms with van der Waals surface area (Å²) < 4.78 is 29.1. The molecule has 0 radical (unpaired) electrons. The molecule has 0 aliphatic rings. The summed E-state index contributed by atoms with van der Waals surface area (Å²) in [7, 11) is -4.12. The quantitative estimate of drug-likeness (QED) is 0.292. The predicted molar refractivity (Wildman–Crippen MR) is 161 cm³/mol. The highest BCUT2D eigenvalue weighted by molar-refractivity contribution is 7.92. The molecule has 1 atom stereocenters. The highest BCUT2D eigenvalue weighted by Crippen LogP contribution is 2.27. The average molecular weight is 584 g/mol. The fraction of sp³-hybridized carbons (Fsp3) is 0.355. The summed E-state index contributed by atoms with van der Waals surface area (Å²) >= 11 is 6.44. The van der Waals surface area contributed by atoms with Crippen LogP contribution in [0.1, 0.15) is 48.9 Å². The van der Waals surface area contributed by atoms with Crippen LogP contribution in [-0.4, -0.2) is 44.3 Å². The summed E-state index contributed by atoms with van der Waals surface area (Å²) in [5.74, 6) is -0.794. The number of nitrogens with zero attached hydrogens (tertiary/aromatic N) is 2. The van der Waals surface area contributed by atoms with Crippen molar-refractivity contribution in [3.05, 3.63) is 94.0 Å². The van der Waals surface area contributed by atoms with Gasteiger partial charge in [-0.05, 0) is 80.6 Å². The van der Waals surface area contributed by atoms with E-state index in [2.05, 4.69) is 5.32 Å². The molecule has 9 heteroatoms. The van der Waals surface area contributed by atoms with Gasteiger partial charge in [0.25, 0.3) is 10.0 Å². The Morgan fingerprint density at radius 2 is 1.52 bits per heavy atom. The molecule has 3 aromatic carbocycles. The van der Waals surface area contributed by atoms with Crippen LogP contribution in [0.3, 0.4) is 0 Å². The third kappa shape index (κ3) is 7.64. The third-order valence-corrected chi connectivity index (χ3v) is 8.77. The molecule has 0 heterocycles.